The van der Waals surface area contributed by atoms with E-state index >= 15 is 0 Å². The highest BCUT2D eigenvalue weighted by molar-refractivity contribution is 6.29. The number of rotatable bonds is 6. The number of benzene rings is 3. The first kappa shape index (κ1) is 23.4. The summed E-state index contributed by atoms with van der Waals surface area (Å²) in [6.45, 7) is 0.493. The third kappa shape index (κ3) is 3.78. The Morgan fingerprint density at radius 1 is 0.763 bits per heavy atom. The van der Waals surface area contributed by atoms with E-state index in [1.807, 2.05) is 0 Å². The zero-order chi connectivity index (χ0) is 26.4. The molecule has 186 valence electrons. The summed E-state index contributed by atoms with van der Waals surface area (Å²) in [4.78, 5) is 69.0. The molecule has 1 aliphatic heterocycles. The smallest absolute Gasteiger partial charge is 0.261 e. The molecule has 0 radical (unpaired) electrons. The zero-order valence-electron chi connectivity index (χ0n) is 20.1. The van der Waals surface area contributed by atoms with Gasteiger partial charge < -0.3 is 5.32 Å². The first-order chi connectivity index (χ1) is 18.4. The lowest BCUT2D eigenvalue weighted by atomic mass is 9.98. The topological polar surface area (TPSA) is 114 Å². The largest absolute Gasteiger partial charge is 0.352 e. The number of ketones is 2. The van der Waals surface area contributed by atoms with Crippen molar-refractivity contribution in [2.75, 3.05) is 13.1 Å². The number of hydrogen-bond donors (Lipinski definition) is 1. The van der Waals surface area contributed by atoms with Gasteiger partial charge in [0.05, 0.1) is 22.3 Å². The van der Waals surface area contributed by atoms with Gasteiger partial charge in [-0.15, -0.1) is 0 Å². The zero-order valence-corrected chi connectivity index (χ0v) is 20.1. The van der Waals surface area contributed by atoms with Gasteiger partial charge in [-0.1, -0.05) is 42.5 Å². The van der Waals surface area contributed by atoms with Crippen LogP contribution in [-0.2, 0) is 0 Å². The molecule has 0 saturated carbocycles. The van der Waals surface area contributed by atoms with Crippen LogP contribution >= 0.6 is 0 Å². The molecule has 8 heteroatoms. The molecule has 0 unspecified atom stereocenters. The number of imide groups is 1. The van der Waals surface area contributed by atoms with Crippen molar-refractivity contribution < 1.29 is 24.0 Å². The number of amides is 3. The lowest BCUT2D eigenvalue weighted by Crippen LogP contribution is -2.33. The van der Waals surface area contributed by atoms with E-state index in [-0.39, 0.29) is 42.4 Å². The number of carbonyl (C=O) groups excluding carboxylic acids is 5. The Bertz CT molecular complexity index is 1620. The number of carbonyl (C=O) groups is 5. The van der Waals surface area contributed by atoms with E-state index in [4.69, 9.17) is 0 Å². The summed E-state index contributed by atoms with van der Waals surface area (Å²) < 4.78 is 0. The summed E-state index contributed by atoms with van der Waals surface area (Å²) in [5.41, 5.74) is 3.02. The number of fused-ring (bicyclic) bond motifs is 3. The third-order valence-corrected chi connectivity index (χ3v) is 6.97. The predicted molar refractivity (Wildman–Crippen MR) is 138 cm³/mol. The van der Waals surface area contributed by atoms with Gasteiger partial charge in [0, 0.05) is 35.2 Å². The van der Waals surface area contributed by atoms with Crippen LogP contribution in [-0.4, -0.2) is 52.3 Å². The fourth-order valence-corrected chi connectivity index (χ4v) is 5.04. The molecule has 2 aliphatic rings. The Morgan fingerprint density at radius 3 is 2.00 bits per heavy atom. The molecule has 0 atom stereocenters. The van der Waals surface area contributed by atoms with Crippen LogP contribution in [0.5, 0.6) is 0 Å². The maximum Gasteiger partial charge on any atom is 0.261 e. The maximum absolute atomic E-state index is 12.8. The van der Waals surface area contributed by atoms with Crippen LogP contribution < -0.4 is 5.32 Å². The average molecular weight is 504 g/mol. The Morgan fingerprint density at radius 2 is 1.37 bits per heavy atom. The molecule has 1 N–H and O–H groups in total. The fourth-order valence-electron chi connectivity index (χ4n) is 5.04. The van der Waals surface area contributed by atoms with Gasteiger partial charge >= 0.3 is 0 Å². The van der Waals surface area contributed by atoms with E-state index in [2.05, 4.69) is 10.3 Å². The van der Waals surface area contributed by atoms with Crippen molar-refractivity contribution in [3.05, 3.63) is 112 Å². The Balaban J connectivity index is 1.10. The standard InChI is InChI=1S/C30H21N3O5/c34-26-19-6-1-2-7-20(19)27(35)25(26)24-13-10-17-16-18(11-12-23(17)32-24)28(36)31-14-5-15-33-29(37)21-8-3-4-9-22(21)30(33)38/h1-4,6-13,16,25H,5,14-15H2,(H,31,36). The van der Waals surface area contributed by atoms with Crippen LogP contribution in [0.3, 0.4) is 0 Å². The summed E-state index contributed by atoms with van der Waals surface area (Å²) >= 11 is 0. The molecule has 0 saturated heterocycles. The molecule has 8 nitrogen and oxygen atoms in total. The predicted octanol–water partition coefficient (Wildman–Crippen LogP) is 3.81. The van der Waals surface area contributed by atoms with E-state index in [0.717, 1.165) is 0 Å². The molecule has 38 heavy (non-hydrogen) atoms. The van der Waals surface area contributed by atoms with Crippen molar-refractivity contribution in [3.63, 3.8) is 0 Å². The van der Waals surface area contributed by atoms with Crippen molar-refractivity contribution in [1.29, 1.82) is 0 Å². The molecule has 1 aromatic heterocycles. The van der Waals surface area contributed by atoms with Crippen LogP contribution in [0.1, 0.15) is 69.8 Å². The monoisotopic (exact) mass is 503 g/mol. The van der Waals surface area contributed by atoms with Crippen LogP contribution in [0.2, 0.25) is 0 Å². The van der Waals surface area contributed by atoms with Gasteiger partial charge in [0.2, 0.25) is 0 Å². The van der Waals surface area contributed by atoms with Crippen molar-refractivity contribution in [2.24, 2.45) is 0 Å². The quantitative estimate of drug-likeness (QED) is 0.243. The summed E-state index contributed by atoms with van der Waals surface area (Å²) in [7, 11) is 0. The molecule has 1 aliphatic carbocycles. The highest BCUT2D eigenvalue weighted by atomic mass is 16.2. The second-order valence-electron chi connectivity index (χ2n) is 9.27. The Kier molecular flexibility index (Phi) is 5.64. The highest BCUT2D eigenvalue weighted by Crippen LogP contribution is 2.33. The minimum Gasteiger partial charge on any atom is -0.352 e. The lowest BCUT2D eigenvalue weighted by molar-refractivity contribution is 0.0652. The van der Waals surface area contributed by atoms with Gasteiger partial charge in [0.25, 0.3) is 17.7 Å². The second-order valence-corrected chi connectivity index (χ2v) is 9.27. The minimum atomic E-state index is -0.957. The van der Waals surface area contributed by atoms with E-state index in [0.29, 0.717) is 50.8 Å². The van der Waals surface area contributed by atoms with E-state index in [1.54, 1.807) is 78.9 Å². The molecule has 3 amide bonds. The van der Waals surface area contributed by atoms with Crippen LogP contribution in [0, 0.1) is 0 Å². The van der Waals surface area contributed by atoms with Crippen LogP contribution in [0.15, 0.2) is 78.9 Å². The first-order valence-electron chi connectivity index (χ1n) is 12.3. The van der Waals surface area contributed by atoms with E-state index in [9.17, 15) is 24.0 Å². The van der Waals surface area contributed by atoms with Gasteiger partial charge in [0.15, 0.2) is 11.6 Å². The maximum atomic E-state index is 12.8. The second kappa shape index (κ2) is 9.15. The summed E-state index contributed by atoms with van der Waals surface area (Å²) in [5.74, 6) is -2.40. The minimum absolute atomic E-state index is 0.208. The number of nitrogens with one attached hydrogen (secondary N) is 1. The fraction of sp³-hybridized carbons (Fsp3) is 0.133. The molecule has 2 heterocycles. The lowest BCUT2D eigenvalue weighted by Gasteiger charge is -2.14. The van der Waals surface area contributed by atoms with Crippen LogP contribution in [0.4, 0.5) is 0 Å². The number of Topliss-reactive ketones (excluding diaryl/α,β-unsaturated/α-hetero) is 2. The van der Waals surface area contributed by atoms with Crippen molar-refractivity contribution in [1.82, 2.24) is 15.2 Å². The van der Waals surface area contributed by atoms with Crippen molar-refractivity contribution in [3.8, 4) is 0 Å². The summed E-state index contributed by atoms with van der Waals surface area (Å²) in [6.07, 6.45) is 0.418. The van der Waals surface area contributed by atoms with Gasteiger partial charge in [-0.2, -0.15) is 0 Å². The molecule has 6 rings (SSSR count). The highest BCUT2D eigenvalue weighted by Gasteiger charge is 2.40. The first-order valence-corrected chi connectivity index (χ1v) is 12.3. The number of nitrogens with zero attached hydrogens (tertiary/aromatic N) is 2. The molecule has 0 spiro atoms. The Labute approximate surface area is 217 Å². The van der Waals surface area contributed by atoms with E-state index in [1.165, 1.54) is 4.90 Å². The molecule has 4 aromatic rings. The molecule has 0 bridgehead atoms. The summed E-state index contributed by atoms with van der Waals surface area (Å²) in [5, 5.41) is 3.52. The number of hydrogen-bond acceptors (Lipinski definition) is 6. The normalized spacial score (nSPS) is 14.8. The number of aromatic nitrogens is 1. The third-order valence-electron chi connectivity index (χ3n) is 6.97. The molecule has 0 fully saturated rings. The van der Waals surface area contributed by atoms with Gasteiger partial charge in [0.1, 0.15) is 5.92 Å². The summed E-state index contributed by atoms with van der Waals surface area (Å²) in [6, 6.07) is 21.9. The van der Waals surface area contributed by atoms with E-state index < -0.39 is 5.92 Å². The molecule has 3 aromatic carbocycles. The van der Waals surface area contributed by atoms with Gasteiger partial charge in [-0.3, -0.25) is 33.9 Å². The molecular weight excluding hydrogens is 482 g/mol. The van der Waals surface area contributed by atoms with Crippen molar-refractivity contribution in [2.45, 2.75) is 12.3 Å². The average Bonchev–Trinajstić information content (AvgIpc) is 3.35. The number of pyridine rings is 1. The van der Waals surface area contributed by atoms with Gasteiger partial charge in [-0.25, -0.2) is 0 Å². The van der Waals surface area contributed by atoms with Crippen molar-refractivity contribution >= 4 is 40.2 Å². The van der Waals surface area contributed by atoms with Gasteiger partial charge in [-0.05, 0) is 42.8 Å². The molecular formula is C30H21N3O5. The SMILES string of the molecule is O=C(NCCCN1C(=O)c2ccccc2C1=O)c1ccc2nc(C3C(=O)c4ccccc4C3=O)ccc2c1. The Hall–Kier alpha value is -4.98. The van der Waals surface area contributed by atoms with Crippen LogP contribution in [0.25, 0.3) is 10.9 Å².